The number of amidine groups is 1. The highest BCUT2D eigenvalue weighted by Crippen LogP contribution is 2.50. The molecule has 5 heteroatoms. The van der Waals surface area contributed by atoms with Crippen LogP contribution in [0.25, 0.3) is 0 Å². The number of hydrogen-bond acceptors (Lipinski definition) is 3. The number of aliphatic imine (C=N–C) groups is 1. The number of carbonyl (C=O) groups is 1. The summed E-state index contributed by atoms with van der Waals surface area (Å²) in [5.41, 5.74) is 6.37. The smallest absolute Gasteiger partial charge is 0.234 e. The summed E-state index contributed by atoms with van der Waals surface area (Å²) in [6.07, 6.45) is 8.47. The summed E-state index contributed by atoms with van der Waals surface area (Å²) in [4.78, 5) is 21.2. The van der Waals surface area contributed by atoms with Gasteiger partial charge in [0.1, 0.15) is 11.5 Å². The van der Waals surface area contributed by atoms with Crippen LogP contribution in [0.2, 0.25) is 0 Å². The Morgan fingerprint density at radius 2 is 2.00 bits per heavy atom. The van der Waals surface area contributed by atoms with E-state index in [9.17, 15) is 4.79 Å². The monoisotopic (exact) mass is 276 g/mol. The zero-order chi connectivity index (χ0) is 14.3. The van der Waals surface area contributed by atoms with Crippen molar-refractivity contribution in [2.24, 2.45) is 16.1 Å². The maximum absolute atomic E-state index is 12.7. The summed E-state index contributed by atoms with van der Waals surface area (Å²) < 4.78 is 0. The van der Waals surface area contributed by atoms with Gasteiger partial charge in [0.15, 0.2) is 0 Å². The van der Waals surface area contributed by atoms with E-state index in [-0.39, 0.29) is 11.3 Å². The number of nitrogens with two attached hydrogens (primary N) is 1. The first-order valence-corrected chi connectivity index (χ1v) is 7.57. The van der Waals surface area contributed by atoms with Crippen LogP contribution in [0.1, 0.15) is 38.5 Å². The van der Waals surface area contributed by atoms with Gasteiger partial charge in [-0.1, -0.05) is 12.8 Å². The number of nitrogens with zero attached hydrogens (tertiary/aromatic N) is 3. The number of hydrogen-bond donors (Lipinski definition) is 1. The molecular formula is C15H24N4O. The Kier molecular flexibility index (Phi) is 3.22. The first-order valence-electron chi connectivity index (χ1n) is 7.57. The van der Waals surface area contributed by atoms with Crippen molar-refractivity contribution in [1.82, 2.24) is 9.80 Å². The van der Waals surface area contributed by atoms with Crippen molar-refractivity contribution in [1.29, 1.82) is 0 Å². The highest BCUT2D eigenvalue weighted by atomic mass is 16.2. The van der Waals surface area contributed by atoms with E-state index in [2.05, 4.69) is 9.89 Å². The van der Waals surface area contributed by atoms with Crippen LogP contribution in [0.3, 0.4) is 0 Å². The van der Waals surface area contributed by atoms with Crippen molar-refractivity contribution in [2.75, 3.05) is 20.6 Å². The molecule has 110 valence electrons. The van der Waals surface area contributed by atoms with E-state index in [0.717, 1.165) is 30.9 Å². The largest absolute Gasteiger partial charge is 0.403 e. The predicted molar refractivity (Wildman–Crippen MR) is 79.0 cm³/mol. The Morgan fingerprint density at radius 3 is 2.50 bits per heavy atom. The second-order valence-electron chi connectivity index (χ2n) is 6.31. The van der Waals surface area contributed by atoms with Crippen LogP contribution in [0.5, 0.6) is 0 Å². The summed E-state index contributed by atoms with van der Waals surface area (Å²) in [6, 6.07) is 0.514. The molecule has 3 rings (SSSR count). The van der Waals surface area contributed by atoms with Gasteiger partial charge in [0.05, 0.1) is 5.41 Å². The fraction of sp³-hybridized carbons (Fsp3) is 0.733. The second kappa shape index (κ2) is 4.79. The molecule has 2 saturated carbocycles. The summed E-state index contributed by atoms with van der Waals surface area (Å²) >= 11 is 0. The summed E-state index contributed by atoms with van der Waals surface area (Å²) in [5, 5.41) is 0. The Balaban J connectivity index is 2.01. The van der Waals surface area contributed by atoms with Crippen LogP contribution >= 0.6 is 0 Å². The van der Waals surface area contributed by atoms with Crippen LogP contribution in [-0.4, -0.2) is 48.2 Å². The molecule has 0 bridgehead atoms. The van der Waals surface area contributed by atoms with Gasteiger partial charge in [0.25, 0.3) is 0 Å². The fourth-order valence-corrected chi connectivity index (χ4v) is 3.70. The van der Waals surface area contributed by atoms with Crippen LogP contribution in [0.15, 0.2) is 16.9 Å². The lowest BCUT2D eigenvalue weighted by molar-refractivity contribution is -0.133. The normalized spacial score (nSPS) is 30.6. The third-order valence-electron chi connectivity index (χ3n) is 5.08. The third-order valence-corrected chi connectivity index (χ3v) is 5.08. The maximum atomic E-state index is 12.7. The van der Waals surface area contributed by atoms with Crippen molar-refractivity contribution in [3.8, 4) is 0 Å². The Labute approximate surface area is 120 Å². The van der Waals surface area contributed by atoms with E-state index in [1.54, 1.807) is 11.9 Å². The van der Waals surface area contributed by atoms with Crippen LogP contribution in [0.4, 0.5) is 0 Å². The predicted octanol–water partition coefficient (Wildman–Crippen LogP) is 1.31. The molecular weight excluding hydrogens is 252 g/mol. The van der Waals surface area contributed by atoms with Gasteiger partial charge in [-0.05, 0) is 25.7 Å². The van der Waals surface area contributed by atoms with Gasteiger partial charge < -0.3 is 15.5 Å². The molecule has 1 aliphatic heterocycles. The second-order valence-corrected chi connectivity index (χ2v) is 6.31. The lowest BCUT2D eigenvalue weighted by Gasteiger charge is -2.32. The van der Waals surface area contributed by atoms with E-state index >= 15 is 0 Å². The van der Waals surface area contributed by atoms with Crippen molar-refractivity contribution < 1.29 is 4.79 Å². The van der Waals surface area contributed by atoms with Crippen molar-refractivity contribution in [2.45, 2.75) is 44.6 Å². The standard InChI is InChI=1S/C15H24N4O/c1-17-13-12(9-16)18(2)14(20)15(7-8-15)10-19(13)11-5-3-4-6-11/h9,11H,3-8,10,16H2,1-2H3/b12-9+,17-13?. The van der Waals surface area contributed by atoms with Gasteiger partial charge in [-0.25, -0.2) is 0 Å². The molecule has 0 atom stereocenters. The minimum atomic E-state index is -0.182. The Bertz CT molecular complexity index is 472. The molecule has 0 unspecified atom stereocenters. The number of carbonyl (C=O) groups excluding carboxylic acids is 1. The molecule has 3 aliphatic rings. The van der Waals surface area contributed by atoms with Crippen LogP contribution in [-0.2, 0) is 4.79 Å². The van der Waals surface area contributed by atoms with Gasteiger partial charge in [-0.3, -0.25) is 9.79 Å². The highest BCUT2D eigenvalue weighted by molar-refractivity contribution is 6.04. The van der Waals surface area contributed by atoms with E-state index < -0.39 is 0 Å². The molecule has 1 saturated heterocycles. The van der Waals surface area contributed by atoms with E-state index in [1.165, 1.54) is 31.9 Å². The average molecular weight is 276 g/mol. The molecule has 1 heterocycles. The number of rotatable bonds is 1. The Morgan fingerprint density at radius 1 is 1.35 bits per heavy atom. The molecule has 0 radical (unpaired) electrons. The molecule has 0 aromatic carbocycles. The maximum Gasteiger partial charge on any atom is 0.234 e. The molecule has 1 spiro atoms. The summed E-state index contributed by atoms with van der Waals surface area (Å²) in [5.74, 6) is 1.09. The first-order chi connectivity index (χ1) is 9.63. The first kappa shape index (κ1) is 13.5. The van der Waals surface area contributed by atoms with E-state index in [1.807, 2.05) is 7.05 Å². The zero-order valence-corrected chi connectivity index (χ0v) is 12.4. The highest BCUT2D eigenvalue weighted by Gasteiger charge is 2.55. The summed E-state index contributed by atoms with van der Waals surface area (Å²) in [6.45, 7) is 0.810. The molecule has 20 heavy (non-hydrogen) atoms. The topological polar surface area (TPSA) is 61.9 Å². The number of amides is 1. The number of likely N-dealkylation sites (N-methyl/N-ethyl adjacent to an activating group) is 1. The van der Waals surface area contributed by atoms with Crippen LogP contribution in [0, 0.1) is 5.41 Å². The van der Waals surface area contributed by atoms with Gasteiger partial charge in [-0.2, -0.15) is 0 Å². The summed E-state index contributed by atoms with van der Waals surface area (Å²) in [7, 11) is 3.62. The zero-order valence-electron chi connectivity index (χ0n) is 12.4. The Hall–Kier alpha value is -1.52. The molecule has 0 aromatic heterocycles. The van der Waals surface area contributed by atoms with Gasteiger partial charge in [0, 0.05) is 32.9 Å². The minimum Gasteiger partial charge on any atom is -0.403 e. The molecule has 3 fully saturated rings. The molecule has 2 N–H and O–H groups in total. The van der Waals surface area contributed by atoms with Crippen molar-refractivity contribution >= 4 is 11.7 Å². The minimum absolute atomic E-state index is 0.182. The van der Waals surface area contributed by atoms with E-state index in [0.29, 0.717) is 6.04 Å². The quantitative estimate of drug-likeness (QED) is 0.785. The average Bonchev–Trinajstić information content (AvgIpc) is 3.06. The molecule has 5 nitrogen and oxygen atoms in total. The SMILES string of the molecule is CN=C1/C(=C\N)N(C)C(=O)C2(CC2)CN1C1CCCC1. The molecule has 0 aromatic rings. The van der Waals surface area contributed by atoms with Crippen molar-refractivity contribution in [3.63, 3.8) is 0 Å². The molecule has 2 aliphatic carbocycles. The van der Waals surface area contributed by atoms with E-state index in [4.69, 9.17) is 5.73 Å². The third kappa shape index (κ3) is 1.91. The van der Waals surface area contributed by atoms with Gasteiger partial charge in [0.2, 0.25) is 5.91 Å². The fourth-order valence-electron chi connectivity index (χ4n) is 3.70. The molecule has 1 amide bonds. The van der Waals surface area contributed by atoms with Crippen molar-refractivity contribution in [3.05, 3.63) is 11.9 Å². The lowest BCUT2D eigenvalue weighted by atomic mass is 10.0. The van der Waals surface area contributed by atoms with Gasteiger partial charge in [-0.15, -0.1) is 0 Å². The van der Waals surface area contributed by atoms with Gasteiger partial charge >= 0.3 is 0 Å². The van der Waals surface area contributed by atoms with Crippen LogP contribution < -0.4 is 5.73 Å². The lowest BCUT2D eigenvalue weighted by Crippen LogP contribution is -2.42.